The van der Waals surface area contributed by atoms with Crippen LogP contribution < -0.4 is 0 Å². The van der Waals surface area contributed by atoms with Crippen molar-refractivity contribution >= 4 is 23.3 Å². The summed E-state index contributed by atoms with van der Waals surface area (Å²) in [5.74, 6) is 0.727. The van der Waals surface area contributed by atoms with Gasteiger partial charge < -0.3 is 4.57 Å². The summed E-state index contributed by atoms with van der Waals surface area (Å²) in [4.78, 5) is 11.5. The van der Waals surface area contributed by atoms with Gasteiger partial charge >= 0.3 is 6.55 Å². The second kappa shape index (κ2) is 7.70. The van der Waals surface area contributed by atoms with E-state index in [1.165, 1.54) is 0 Å². The van der Waals surface area contributed by atoms with E-state index in [1.54, 1.807) is 16.7 Å². The number of fused-ring (bicyclic) bond motifs is 2. The predicted octanol–water partition coefficient (Wildman–Crippen LogP) is 5.04. The molecule has 0 spiro atoms. The van der Waals surface area contributed by atoms with Gasteiger partial charge in [0, 0.05) is 36.8 Å². The van der Waals surface area contributed by atoms with Gasteiger partial charge in [-0.2, -0.15) is 8.78 Å². The molecule has 2 aromatic heterocycles. The highest BCUT2D eigenvalue weighted by Gasteiger charge is 2.22. The highest BCUT2D eigenvalue weighted by molar-refractivity contribution is 7.71. The fourth-order valence-electron chi connectivity index (χ4n) is 3.98. The monoisotopic (exact) mass is 423 g/mol. The number of nitrogens with zero attached hydrogens (tertiary/aromatic N) is 5. The summed E-state index contributed by atoms with van der Waals surface area (Å²) >= 11 is 5.38. The van der Waals surface area contributed by atoms with E-state index >= 15 is 0 Å². The molecular weight excluding hydrogens is 404 g/mol. The molecule has 0 aliphatic carbocycles. The predicted molar refractivity (Wildman–Crippen MR) is 114 cm³/mol. The Labute approximate surface area is 177 Å². The first-order valence-corrected chi connectivity index (χ1v) is 10.1. The first kappa shape index (κ1) is 19.0. The van der Waals surface area contributed by atoms with Crippen molar-refractivity contribution in [3.63, 3.8) is 0 Å². The van der Waals surface area contributed by atoms with Gasteiger partial charge in [0.2, 0.25) is 0 Å². The first-order chi connectivity index (χ1) is 14.6. The van der Waals surface area contributed by atoms with Crippen molar-refractivity contribution in [1.29, 1.82) is 0 Å². The minimum Gasteiger partial charge on any atom is -0.303 e. The first-order valence-electron chi connectivity index (χ1n) is 9.72. The number of aromatic nitrogens is 4. The minimum atomic E-state index is -2.67. The van der Waals surface area contributed by atoms with Crippen molar-refractivity contribution in [3.8, 4) is 11.4 Å². The molecule has 0 unspecified atom stereocenters. The second-order valence-electron chi connectivity index (χ2n) is 7.32. The molecule has 1 aliphatic heterocycles. The van der Waals surface area contributed by atoms with Crippen LogP contribution in [0.15, 0.2) is 60.8 Å². The molecule has 0 fully saturated rings. The highest BCUT2D eigenvalue weighted by Crippen LogP contribution is 2.26. The molecule has 0 saturated carbocycles. The van der Waals surface area contributed by atoms with Crippen LogP contribution in [-0.2, 0) is 19.6 Å². The maximum absolute atomic E-state index is 13.6. The average molecular weight is 423 g/mol. The number of imidazole rings is 1. The van der Waals surface area contributed by atoms with Crippen molar-refractivity contribution in [3.05, 3.63) is 76.8 Å². The lowest BCUT2D eigenvalue weighted by Crippen LogP contribution is -2.33. The van der Waals surface area contributed by atoms with Crippen molar-refractivity contribution < 1.29 is 8.78 Å². The number of alkyl halides is 2. The van der Waals surface area contributed by atoms with Crippen molar-refractivity contribution in [2.45, 2.75) is 26.2 Å². The van der Waals surface area contributed by atoms with Gasteiger partial charge in [-0.1, -0.05) is 42.5 Å². The van der Waals surface area contributed by atoms with Gasteiger partial charge in [0.1, 0.15) is 0 Å². The Bertz CT molecular complexity index is 1270. The van der Waals surface area contributed by atoms with E-state index in [9.17, 15) is 8.78 Å². The third kappa shape index (κ3) is 3.32. The summed E-state index contributed by atoms with van der Waals surface area (Å²) in [6.07, 6.45) is 2.65. The smallest absolute Gasteiger partial charge is 0.303 e. The Morgan fingerprint density at radius 2 is 1.73 bits per heavy atom. The van der Waals surface area contributed by atoms with E-state index < -0.39 is 6.55 Å². The summed E-state index contributed by atoms with van der Waals surface area (Å²) in [6, 6.07) is 17.0. The lowest BCUT2D eigenvalue weighted by molar-refractivity contribution is 0.0714. The molecule has 152 valence electrons. The van der Waals surface area contributed by atoms with Gasteiger partial charge in [-0.3, -0.25) is 9.47 Å². The van der Waals surface area contributed by atoms with E-state index in [1.807, 2.05) is 48.7 Å². The van der Waals surface area contributed by atoms with Crippen LogP contribution in [0.25, 0.3) is 22.4 Å². The van der Waals surface area contributed by atoms with E-state index in [4.69, 9.17) is 17.2 Å². The van der Waals surface area contributed by atoms with Gasteiger partial charge in [-0.05, 0) is 24.4 Å². The molecule has 0 N–H and O–H groups in total. The quantitative estimate of drug-likeness (QED) is 0.431. The molecule has 30 heavy (non-hydrogen) atoms. The summed E-state index contributed by atoms with van der Waals surface area (Å²) in [5, 5.41) is 0. The number of rotatable bonds is 4. The molecule has 4 aromatic rings. The van der Waals surface area contributed by atoms with E-state index in [2.05, 4.69) is 9.88 Å². The van der Waals surface area contributed by atoms with Crippen LogP contribution in [-0.4, -0.2) is 30.5 Å². The van der Waals surface area contributed by atoms with E-state index in [-0.39, 0.29) is 4.77 Å². The number of hydrogen-bond donors (Lipinski definition) is 0. The summed E-state index contributed by atoms with van der Waals surface area (Å²) < 4.78 is 30.0. The Kier molecular flexibility index (Phi) is 4.88. The molecule has 0 atom stereocenters. The molecule has 3 heterocycles. The lowest BCUT2D eigenvalue weighted by atomic mass is 10.1. The van der Waals surface area contributed by atoms with Crippen molar-refractivity contribution in [2.24, 2.45) is 0 Å². The molecule has 0 radical (unpaired) electrons. The lowest BCUT2D eigenvalue weighted by Gasteiger charge is -2.28. The number of benzene rings is 2. The maximum atomic E-state index is 13.6. The normalized spacial score (nSPS) is 14.4. The second-order valence-corrected chi connectivity index (χ2v) is 7.69. The fraction of sp³-hybridized carbons (Fsp3) is 0.227. The van der Waals surface area contributed by atoms with Crippen LogP contribution in [0.3, 0.4) is 0 Å². The molecule has 5 nitrogen and oxygen atoms in total. The van der Waals surface area contributed by atoms with Gasteiger partial charge in [0.25, 0.3) is 0 Å². The van der Waals surface area contributed by atoms with Gasteiger partial charge in [-0.25, -0.2) is 9.97 Å². The Morgan fingerprint density at radius 1 is 1.00 bits per heavy atom. The number of halogens is 2. The van der Waals surface area contributed by atoms with E-state index in [0.717, 1.165) is 40.2 Å². The Hall–Kier alpha value is -2.97. The van der Waals surface area contributed by atoms with E-state index in [0.29, 0.717) is 24.2 Å². The molecule has 0 saturated heterocycles. The van der Waals surface area contributed by atoms with Gasteiger partial charge in [0.05, 0.1) is 23.4 Å². The Balaban J connectivity index is 1.43. The molecule has 8 heteroatoms. The molecular formula is C22H19F2N5S. The highest BCUT2D eigenvalue weighted by atomic mass is 32.1. The summed E-state index contributed by atoms with van der Waals surface area (Å²) in [6.45, 7) is -0.802. The topological polar surface area (TPSA) is 38.9 Å². The fourth-order valence-corrected chi connectivity index (χ4v) is 4.31. The van der Waals surface area contributed by atoms with Crippen LogP contribution >= 0.6 is 12.2 Å². The average Bonchev–Trinajstić information content (AvgIpc) is 3.05. The molecule has 0 amide bonds. The molecule has 5 rings (SSSR count). The molecule has 1 aliphatic rings. The van der Waals surface area contributed by atoms with Crippen LogP contribution in [0.5, 0.6) is 0 Å². The van der Waals surface area contributed by atoms with Crippen LogP contribution in [0.2, 0.25) is 0 Å². The summed E-state index contributed by atoms with van der Waals surface area (Å²) in [5.41, 5.74) is 4.26. The minimum absolute atomic E-state index is 0.132. The molecule has 2 aromatic carbocycles. The van der Waals surface area contributed by atoms with Crippen LogP contribution in [0.4, 0.5) is 8.78 Å². The number of hydrogen-bond acceptors (Lipinski definition) is 4. The molecule has 0 bridgehead atoms. The zero-order valence-electron chi connectivity index (χ0n) is 16.1. The maximum Gasteiger partial charge on any atom is 0.321 e. The van der Waals surface area contributed by atoms with Crippen molar-refractivity contribution in [1.82, 2.24) is 24.0 Å². The van der Waals surface area contributed by atoms with Gasteiger partial charge in [-0.15, -0.1) is 0 Å². The SMILES string of the molecule is FC(F)n1c(=S)n(CN2CCc3nc(-c4ccccc4)ncc3C2)c2ccccc21. The zero-order valence-corrected chi connectivity index (χ0v) is 16.9. The standard InChI is InChI=1S/C22H19F2N5S/c23-21(24)29-19-9-5-4-8-18(19)28(22(29)30)14-27-11-10-17-16(13-27)12-25-20(26-17)15-6-2-1-3-7-15/h1-9,12,21H,10-11,13-14H2. The Morgan fingerprint density at radius 3 is 2.50 bits per heavy atom. The number of para-hydroxylation sites is 2. The third-order valence-corrected chi connectivity index (χ3v) is 5.87. The van der Waals surface area contributed by atoms with Crippen LogP contribution in [0, 0.1) is 4.77 Å². The van der Waals surface area contributed by atoms with Gasteiger partial charge in [0.15, 0.2) is 10.6 Å². The van der Waals surface area contributed by atoms with Crippen LogP contribution in [0.1, 0.15) is 17.8 Å². The zero-order chi connectivity index (χ0) is 20.7. The van der Waals surface area contributed by atoms with Crippen molar-refractivity contribution in [2.75, 3.05) is 6.54 Å². The third-order valence-electron chi connectivity index (χ3n) is 5.45. The largest absolute Gasteiger partial charge is 0.321 e. The summed E-state index contributed by atoms with van der Waals surface area (Å²) in [7, 11) is 0.